The maximum absolute atomic E-state index is 14.3. The third kappa shape index (κ3) is 5.87. The molecule has 30 heavy (non-hydrogen) atoms. The molecule has 0 unspecified atom stereocenters. The number of fused-ring (bicyclic) bond motifs is 1. The summed E-state index contributed by atoms with van der Waals surface area (Å²) in [4.78, 5) is 13.3. The Hall–Kier alpha value is -2.77. The molecule has 0 saturated heterocycles. The van der Waals surface area contributed by atoms with Crippen LogP contribution in [0.4, 0.5) is 23.2 Å². The van der Waals surface area contributed by atoms with Crippen molar-refractivity contribution in [2.24, 2.45) is 0 Å². The lowest BCUT2D eigenvalue weighted by Gasteiger charge is -2.24. The quantitative estimate of drug-likeness (QED) is 0.491. The van der Waals surface area contributed by atoms with Gasteiger partial charge in [-0.05, 0) is 55.0 Å². The molecular weight excluding hydrogens is 402 g/mol. The number of esters is 1. The van der Waals surface area contributed by atoms with Crippen molar-refractivity contribution < 1.29 is 31.8 Å². The predicted molar refractivity (Wildman–Crippen MR) is 104 cm³/mol. The van der Waals surface area contributed by atoms with Crippen LogP contribution in [-0.4, -0.2) is 32.0 Å². The summed E-state index contributed by atoms with van der Waals surface area (Å²) in [7, 11) is 0. The molecule has 1 aliphatic heterocycles. The minimum absolute atomic E-state index is 0.0899. The van der Waals surface area contributed by atoms with Gasteiger partial charge in [0, 0.05) is 25.6 Å². The van der Waals surface area contributed by atoms with Crippen LogP contribution in [0.5, 0.6) is 5.75 Å². The van der Waals surface area contributed by atoms with Crippen molar-refractivity contribution in [2.45, 2.75) is 39.0 Å². The molecule has 0 aromatic heterocycles. The van der Waals surface area contributed by atoms with E-state index in [0.717, 1.165) is 34.9 Å². The molecule has 2 aromatic carbocycles. The number of carbonyl (C=O) groups is 1. The Morgan fingerprint density at radius 1 is 1.07 bits per heavy atom. The van der Waals surface area contributed by atoms with Gasteiger partial charge in [0.2, 0.25) is 0 Å². The Morgan fingerprint density at radius 2 is 1.80 bits per heavy atom. The highest BCUT2D eigenvalue weighted by Gasteiger charge is 2.31. The highest BCUT2D eigenvalue weighted by Crippen LogP contribution is 2.30. The number of ether oxygens (including phenoxy) is 2. The third-order valence-corrected chi connectivity index (χ3v) is 4.99. The molecule has 162 valence electrons. The van der Waals surface area contributed by atoms with Gasteiger partial charge in [-0.1, -0.05) is 18.2 Å². The van der Waals surface area contributed by atoms with E-state index in [-0.39, 0.29) is 11.7 Å². The number of carbonyl (C=O) groups excluding carboxylic acids is 1. The molecule has 0 bridgehead atoms. The van der Waals surface area contributed by atoms with E-state index in [1.165, 1.54) is 0 Å². The van der Waals surface area contributed by atoms with Crippen molar-refractivity contribution in [3.8, 4) is 5.75 Å². The molecule has 0 aliphatic carbocycles. The zero-order valence-corrected chi connectivity index (χ0v) is 16.6. The van der Waals surface area contributed by atoms with E-state index in [4.69, 9.17) is 4.74 Å². The van der Waals surface area contributed by atoms with E-state index < -0.39 is 17.9 Å². The van der Waals surface area contributed by atoms with Gasteiger partial charge in [0.15, 0.2) is 0 Å². The Labute approximate surface area is 172 Å². The first-order valence-electron chi connectivity index (χ1n) is 9.81. The van der Waals surface area contributed by atoms with Crippen LogP contribution in [0.3, 0.4) is 0 Å². The highest BCUT2D eigenvalue weighted by atomic mass is 19.4. The highest BCUT2D eigenvalue weighted by molar-refractivity contribution is 5.69. The first kappa shape index (κ1) is 21.9. The maximum Gasteiger partial charge on any atom is 0.573 e. The van der Waals surface area contributed by atoms with Gasteiger partial charge in [0.05, 0.1) is 12.3 Å². The average molecular weight is 425 g/mol. The van der Waals surface area contributed by atoms with Gasteiger partial charge in [-0.3, -0.25) is 4.79 Å². The van der Waals surface area contributed by atoms with E-state index in [0.29, 0.717) is 45.4 Å². The molecule has 8 heteroatoms. The van der Waals surface area contributed by atoms with Gasteiger partial charge in [-0.25, -0.2) is 4.39 Å². The molecule has 0 N–H and O–H groups in total. The summed E-state index contributed by atoms with van der Waals surface area (Å²) in [6.07, 6.45) is -2.70. The second-order valence-electron chi connectivity index (χ2n) is 7.06. The number of hydrogen-bond donors (Lipinski definition) is 0. The van der Waals surface area contributed by atoms with Gasteiger partial charge < -0.3 is 14.4 Å². The Balaban J connectivity index is 1.71. The lowest BCUT2D eigenvalue weighted by atomic mass is 9.98. The number of alkyl halides is 3. The minimum atomic E-state index is -4.83. The molecule has 0 atom stereocenters. The average Bonchev–Trinajstić information content (AvgIpc) is 2.89. The predicted octanol–water partition coefficient (Wildman–Crippen LogP) is 4.83. The molecule has 0 saturated carbocycles. The lowest BCUT2D eigenvalue weighted by Crippen LogP contribution is -2.27. The molecule has 4 nitrogen and oxygen atoms in total. The number of benzene rings is 2. The Morgan fingerprint density at radius 3 is 2.50 bits per heavy atom. The summed E-state index contributed by atoms with van der Waals surface area (Å²) in [5.41, 5.74) is 3.32. The number of hydrogen-bond acceptors (Lipinski definition) is 4. The van der Waals surface area contributed by atoms with Crippen LogP contribution < -0.4 is 9.64 Å². The standard InChI is InChI=1S/C22H23F4NO3/c1-2-29-21(28)8-4-15-3-5-16-9-11-27(12-10-17(16)13-15)20-14-18(6-7-19(20)23)30-22(24,25)26/h3,5-7,13-14H,2,4,8-12H2,1H3. The topological polar surface area (TPSA) is 38.8 Å². The second-order valence-corrected chi connectivity index (χ2v) is 7.06. The first-order valence-corrected chi connectivity index (χ1v) is 9.81. The summed E-state index contributed by atoms with van der Waals surface area (Å²) in [5, 5.41) is 0. The molecule has 0 fully saturated rings. The van der Waals surface area contributed by atoms with E-state index >= 15 is 0 Å². The summed E-state index contributed by atoms with van der Waals surface area (Å²) in [6, 6.07) is 9.04. The molecule has 0 radical (unpaired) electrons. The zero-order chi connectivity index (χ0) is 21.7. The van der Waals surface area contributed by atoms with Crippen molar-refractivity contribution in [3.63, 3.8) is 0 Å². The van der Waals surface area contributed by atoms with E-state index in [2.05, 4.69) is 4.74 Å². The zero-order valence-electron chi connectivity index (χ0n) is 16.6. The van der Waals surface area contributed by atoms with Crippen molar-refractivity contribution in [3.05, 3.63) is 58.9 Å². The molecule has 0 amide bonds. The van der Waals surface area contributed by atoms with Crippen molar-refractivity contribution in [1.29, 1.82) is 0 Å². The molecular formula is C22H23F4NO3. The largest absolute Gasteiger partial charge is 0.573 e. The van der Waals surface area contributed by atoms with E-state index in [9.17, 15) is 22.4 Å². The summed E-state index contributed by atoms with van der Waals surface area (Å²) < 4.78 is 60.7. The minimum Gasteiger partial charge on any atom is -0.466 e. The molecule has 0 spiro atoms. The number of aryl methyl sites for hydroxylation is 1. The summed E-state index contributed by atoms with van der Waals surface area (Å²) in [6.45, 7) is 3.05. The molecule has 1 heterocycles. The van der Waals surface area contributed by atoms with Crippen LogP contribution in [0.2, 0.25) is 0 Å². The normalized spacial score (nSPS) is 14.1. The smallest absolute Gasteiger partial charge is 0.466 e. The summed E-state index contributed by atoms with van der Waals surface area (Å²) in [5.74, 6) is -1.28. The number of nitrogens with zero attached hydrogens (tertiary/aromatic N) is 1. The van der Waals surface area contributed by atoms with Crippen molar-refractivity contribution >= 4 is 11.7 Å². The van der Waals surface area contributed by atoms with E-state index in [1.54, 1.807) is 11.8 Å². The monoisotopic (exact) mass is 425 g/mol. The van der Waals surface area contributed by atoms with Crippen LogP contribution in [0.1, 0.15) is 30.0 Å². The molecule has 3 rings (SSSR count). The van der Waals surface area contributed by atoms with E-state index in [1.807, 2.05) is 18.2 Å². The van der Waals surface area contributed by atoms with Gasteiger partial charge >= 0.3 is 12.3 Å². The fraction of sp³-hybridized carbons (Fsp3) is 0.409. The fourth-order valence-electron chi connectivity index (χ4n) is 3.59. The molecule has 2 aromatic rings. The fourth-order valence-corrected chi connectivity index (χ4v) is 3.59. The van der Waals surface area contributed by atoms with Gasteiger partial charge in [-0.2, -0.15) is 0 Å². The van der Waals surface area contributed by atoms with Crippen LogP contribution in [0.15, 0.2) is 36.4 Å². The SMILES string of the molecule is CCOC(=O)CCc1ccc2c(c1)CCN(c1cc(OC(F)(F)F)ccc1F)CC2. The second kappa shape index (κ2) is 9.36. The van der Waals surface area contributed by atoms with Crippen LogP contribution >= 0.6 is 0 Å². The van der Waals surface area contributed by atoms with Crippen LogP contribution in [-0.2, 0) is 28.8 Å². The third-order valence-electron chi connectivity index (χ3n) is 4.99. The number of halogens is 4. The first-order chi connectivity index (χ1) is 14.2. The van der Waals surface area contributed by atoms with Crippen molar-refractivity contribution in [2.75, 3.05) is 24.6 Å². The summed E-state index contributed by atoms with van der Waals surface area (Å²) >= 11 is 0. The van der Waals surface area contributed by atoms with Crippen LogP contribution in [0, 0.1) is 5.82 Å². The maximum atomic E-state index is 14.3. The number of rotatable bonds is 6. The van der Waals surface area contributed by atoms with Crippen LogP contribution in [0.25, 0.3) is 0 Å². The Kier molecular flexibility index (Phi) is 6.84. The Bertz CT molecular complexity index is 898. The number of anilines is 1. The van der Waals surface area contributed by atoms with Gasteiger partial charge in [0.1, 0.15) is 11.6 Å². The van der Waals surface area contributed by atoms with Gasteiger partial charge in [-0.15, -0.1) is 13.2 Å². The molecule has 1 aliphatic rings. The lowest BCUT2D eigenvalue weighted by molar-refractivity contribution is -0.274. The van der Waals surface area contributed by atoms with Gasteiger partial charge in [0.25, 0.3) is 0 Å². The van der Waals surface area contributed by atoms with Crippen molar-refractivity contribution in [1.82, 2.24) is 0 Å².